The van der Waals surface area contributed by atoms with Crippen molar-refractivity contribution in [2.75, 3.05) is 28.2 Å². The Bertz CT molecular complexity index is 1020. The lowest BCUT2D eigenvalue weighted by atomic mass is 9.95. The Labute approximate surface area is 190 Å². The van der Waals surface area contributed by atoms with Crippen LogP contribution in [0, 0.1) is 0 Å². The average Bonchev–Trinajstić information content (AvgIpc) is 3.11. The van der Waals surface area contributed by atoms with Crippen LogP contribution in [0.15, 0.2) is 18.2 Å². The number of benzene rings is 2. The Morgan fingerprint density at radius 2 is 1.58 bits per heavy atom. The lowest BCUT2D eigenvalue weighted by Gasteiger charge is -2.18. The zero-order valence-corrected chi connectivity index (χ0v) is 19.2. The molecule has 0 fully saturated rings. The minimum atomic E-state index is -1.11. The summed E-state index contributed by atoms with van der Waals surface area (Å²) in [7, 11) is 7.48. The van der Waals surface area contributed by atoms with Gasteiger partial charge in [0, 0.05) is 47.3 Å². The highest BCUT2D eigenvalue weighted by atomic mass is 35.5. The van der Waals surface area contributed by atoms with E-state index in [1.54, 1.807) is 18.2 Å². The number of aromatic hydroxyl groups is 1. The van der Waals surface area contributed by atoms with Gasteiger partial charge in [0.2, 0.25) is 0 Å². The van der Waals surface area contributed by atoms with Crippen molar-refractivity contribution in [3.05, 3.63) is 56.1 Å². The molecule has 7 nitrogen and oxygen atoms in total. The summed E-state index contributed by atoms with van der Waals surface area (Å²) in [6, 6.07) is 4.83. The van der Waals surface area contributed by atoms with E-state index in [0.717, 1.165) is 0 Å². The molecule has 0 saturated heterocycles. The first-order valence-electron chi connectivity index (χ1n) is 9.58. The van der Waals surface area contributed by atoms with Crippen molar-refractivity contribution in [2.45, 2.75) is 25.6 Å². The smallest absolute Gasteiger partial charge is 0.345 e. The molecule has 0 amide bonds. The maximum Gasteiger partial charge on any atom is 0.345 e. The first kappa shape index (κ1) is 23.3. The summed E-state index contributed by atoms with van der Waals surface area (Å²) in [5.41, 5.74) is 2.28. The fourth-order valence-electron chi connectivity index (χ4n) is 3.60. The number of ether oxygens (including phenoxy) is 1. The van der Waals surface area contributed by atoms with Gasteiger partial charge in [-0.2, -0.15) is 0 Å². The summed E-state index contributed by atoms with van der Waals surface area (Å²) >= 11 is 12.7. The van der Waals surface area contributed by atoms with E-state index in [4.69, 9.17) is 27.9 Å². The molecule has 0 aliphatic carbocycles. The predicted octanol–water partition coefficient (Wildman–Crippen LogP) is 3.44. The van der Waals surface area contributed by atoms with Crippen LogP contribution in [0.1, 0.15) is 32.6 Å². The molecule has 9 heteroatoms. The molecule has 3 rings (SSSR count). The number of carbonyl (C=O) groups excluding carboxylic acids is 1. The number of carboxylic acid groups (broad SMARTS) is 1. The van der Waals surface area contributed by atoms with Crippen LogP contribution in [0.4, 0.5) is 0 Å². The van der Waals surface area contributed by atoms with E-state index in [2.05, 4.69) is 0 Å². The Morgan fingerprint density at radius 3 is 2.06 bits per heavy atom. The zero-order valence-electron chi connectivity index (χ0n) is 17.7. The standard InChI is InChI=1S/C22H24Cl2N2O5/c1-25(2)9-13-5-11(6-14(19(13)27)10-26(3)4)20(28)15-7-12-8-16(22(29)30)31-21(12)18(24)17(15)23/h5-7,16,27H,8-10H2,1-4H3,(H,29,30). The average molecular weight is 467 g/mol. The number of halogens is 2. The van der Waals surface area contributed by atoms with Crippen molar-refractivity contribution in [3.8, 4) is 11.5 Å². The molecule has 1 aliphatic rings. The third-order valence-corrected chi connectivity index (χ3v) is 5.78. The van der Waals surface area contributed by atoms with Gasteiger partial charge in [-0.3, -0.25) is 4.79 Å². The molecule has 2 N–H and O–H groups in total. The number of aliphatic carboxylic acids is 1. The van der Waals surface area contributed by atoms with Crippen LogP contribution >= 0.6 is 23.2 Å². The Balaban J connectivity index is 2.08. The lowest BCUT2D eigenvalue weighted by Crippen LogP contribution is -2.24. The number of phenols is 1. The first-order chi connectivity index (χ1) is 14.5. The van der Waals surface area contributed by atoms with Gasteiger partial charge in [0.05, 0.1) is 5.02 Å². The summed E-state index contributed by atoms with van der Waals surface area (Å²) in [6.45, 7) is 0.889. The van der Waals surface area contributed by atoms with Gasteiger partial charge in [-0.25, -0.2) is 4.79 Å². The number of hydrogen-bond donors (Lipinski definition) is 2. The molecule has 0 aromatic heterocycles. The summed E-state index contributed by atoms with van der Waals surface area (Å²) in [5, 5.41) is 19.9. The van der Waals surface area contributed by atoms with Crippen LogP contribution in [-0.2, 0) is 24.3 Å². The topological polar surface area (TPSA) is 90.3 Å². The number of rotatable bonds is 7. The zero-order chi connectivity index (χ0) is 23.0. The van der Waals surface area contributed by atoms with E-state index in [1.165, 1.54) is 0 Å². The summed E-state index contributed by atoms with van der Waals surface area (Å²) in [4.78, 5) is 28.5. The second-order valence-electron chi connectivity index (χ2n) is 8.14. The molecular weight excluding hydrogens is 443 g/mol. The van der Waals surface area contributed by atoms with Crippen LogP contribution in [0.25, 0.3) is 0 Å². The van der Waals surface area contributed by atoms with Crippen LogP contribution < -0.4 is 4.74 Å². The fraction of sp³-hybridized carbons (Fsp3) is 0.364. The largest absolute Gasteiger partial charge is 0.507 e. The molecule has 1 heterocycles. The highest BCUT2D eigenvalue weighted by molar-refractivity contribution is 6.45. The summed E-state index contributed by atoms with van der Waals surface area (Å²) in [6.07, 6.45) is -0.976. The number of nitrogens with zero attached hydrogens (tertiary/aromatic N) is 2. The molecule has 166 valence electrons. The number of carbonyl (C=O) groups is 2. The highest BCUT2D eigenvalue weighted by Crippen LogP contribution is 2.43. The van der Waals surface area contributed by atoms with Crippen LogP contribution in [0.5, 0.6) is 11.5 Å². The van der Waals surface area contributed by atoms with Crippen molar-refractivity contribution >= 4 is 35.0 Å². The Morgan fingerprint density at radius 1 is 1.03 bits per heavy atom. The van der Waals surface area contributed by atoms with Gasteiger partial charge in [0.15, 0.2) is 11.9 Å². The number of phenolic OH excluding ortho intramolecular Hbond substituents is 1. The SMILES string of the molecule is CN(C)Cc1cc(C(=O)c2cc3c(c(Cl)c2Cl)OC(C(=O)O)C3)cc(CN(C)C)c1O. The van der Waals surface area contributed by atoms with E-state index < -0.39 is 12.1 Å². The molecule has 1 atom stereocenters. The summed E-state index contributed by atoms with van der Waals surface area (Å²) < 4.78 is 5.39. The van der Waals surface area contributed by atoms with E-state index in [1.807, 2.05) is 38.0 Å². The quantitative estimate of drug-likeness (QED) is 0.603. The third-order valence-electron chi connectivity index (χ3n) is 4.93. The van der Waals surface area contributed by atoms with Gasteiger partial charge >= 0.3 is 5.97 Å². The lowest BCUT2D eigenvalue weighted by molar-refractivity contribution is -0.144. The van der Waals surface area contributed by atoms with Gasteiger partial charge in [-0.1, -0.05) is 23.2 Å². The van der Waals surface area contributed by atoms with Crippen LogP contribution in [-0.4, -0.2) is 66.1 Å². The maximum atomic E-state index is 13.4. The molecule has 0 radical (unpaired) electrons. The number of carboxylic acids is 1. The van der Waals surface area contributed by atoms with Crippen LogP contribution in [0.3, 0.4) is 0 Å². The van der Waals surface area contributed by atoms with Crippen molar-refractivity contribution in [1.29, 1.82) is 0 Å². The molecule has 1 aliphatic heterocycles. The van der Waals surface area contributed by atoms with E-state index in [-0.39, 0.29) is 39.3 Å². The van der Waals surface area contributed by atoms with Gasteiger partial charge < -0.3 is 24.7 Å². The normalized spacial score (nSPS) is 15.3. The van der Waals surface area contributed by atoms with Crippen molar-refractivity contribution in [3.63, 3.8) is 0 Å². The molecule has 0 spiro atoms. The minimum absolute atomic E-state index is 0.00727. The van der Waals surface area contributed by atoms with Gasteiger partial charge in [0.1, 0.15) is 16.5 Å². The van der Waals surface area contributed by atoms with E-state index in [9.17, 15) is 19.8 Å². The van der Waals surface area contributed by atoms with Crippen molar-refractivity contribution in [2.24, 2.45) is 0 Å². The second kappa shape index (κ2) is 9.04. The van der Waals surface area contributed by atoms with Crippen LogP contribution in [0.2, 0.25) is 10.0 Å². The molecular formula is C22H24Cl2N2O5. The second-order valence-corrected chi connectivity index (χ2v) is 8.89. The van der Waals surface area contributed by atoms with Gasteiger partial charge in [-0.15, -0.1) is 0 Å². The number of fused-ring (bicyclic) bond motifs is 1. The predicted molar refractivity (Wildman–Crippen MR) is 119 cm³/mol. The minimum Gasteiger partial charge on any atom is -0.507 e. The molecule has 31 heavy (non-hydrogen) atoms. The van der Waals surface area contributed by atoms with Gasteiger partial charge in [0.25, 0.3) is 0 Å². The van der Waals surface area contributed by atoms with Crippen molar-refractivity contribution < 1.29 is 24.5 Å². The van der Waals surface area contributed by atoms with E-state index in [0.29, 0.717) is 35.3 Å². The fourth-order valence-corrected chi connectivity index (χ4v) is 4.09. The number of hydrogen-bond acceptors (Lipinski definition) is 6. The van der Waals surface area contributed by atoms with Gasteiger partial charge in [-0.05, 0) is 46.4 Å². The molecule has 0 saturated carbocycles. The van der Waals surface area contributed by atoms with E-state index >= 15 is 0 Å². The monoisotopic (exact) mass is 466 g/mol. The molecule has 2 aromatic rings. The molecule has 1 unspecified atom stereocenters. The first-order valence-corrected chi connectivity index (χ1v) is 10.3. The summed E-state index contributed by atoms with van der Waals surface area (Å²) in [5.74, 6) is -1.14. The molecule has 0 bridgehead atoms. The van der Waals surface area contributed by atoms with Crippen molar-refractivity contribution in [1.82, 2.24) is 9.80 Å². The number of ketones is 1. The third kappa shape index (κ3) is 4.80. The Kier molecular flexibility index (Phi) is 6.81. The highest BCUT2D eigenvalue weighted by Gasteiger charge is 2.33. The Hall–Kier alpha value is -2.32. The maximum absolute atomic E-state index is 13.4. The molecule has 2 aromatic carbocycles.